The average Bonchev–Trinajstić information content (AvgIpc) is 3.35. The van der Waals surface area contributed by atoms with Crippen LogP contribution in [0.1, 0.15) is 41.8 Å². The van der Waals surface area contributed by atoms with Crippen molar-refractivity contribution in [2.24, 2.45) is 0 Å². The first-order valence-electron chi connectivity index (χ1n) is 10.7. The van der Waals surface area contributed by atoms with Gasteiger partial charge in [-0.25, -0.2) is 24.1 Å². The Morgan fingerprint density at radius 1 is 1.29 bits per heavy atom. The summed E-state index contributed by atoms with van der Waals surface area (Å²) >= 11 is 1.10. The zero-order valence-electron chi connectivity index (χ0n) is 19.6. The van der Waals surface area contributed by atoms with E-state index < -0.39 is 11.4 Å². The number of hydrogen-bond acceptors (Lipinski definition) is 7. The Balaban J connectivity index is 1.57. The van der Waals surface area contributed by atoms with Gasteiger partial charge in [0.25, 0.3) is 0 Å². The lowest BCUT2D eigenvalue weighted by atomic mass is 9.91. The summed E-state index contributed by atoms with van der Waals surface area (Å²) in [5, 5.41) is 14.1. The van der Waals surface area contributed by atoms with Gasteiger partial charge in [-0.3, -0.25) is 0 Å². The van der Waals surface area contributed by atoms with Gasteiger partial charge in [-0.1, -0.05) is 26.8 Å². The normalized spacial score (nSPS) is 11.7. The van der Waals surface area contributed by atoms with Crippen LogP contribution in [0.25, 0.3) is 21.6 Å². The van der Waals surface area contributed by atoms with E-state index >= 15 is 0 Å². The SMILES string of the molecule is COc1c(C)n(CCNc2cc(-c3nc(C(C)(C)C)c(C(=O)O)s3)ncn2)c2c(F)cccc12. The number of fused-ring (bicyclic) bond motifs is 1. The minimum atomic E-state index is -1.00. The molecule has 10 heteroatoms. The Labute approximate surface area is 200 Å². The predicted molar refractivity (Wildman–Crippen MR) is 130 cm³/mol. The van der Waals surface area contributed by atoms with E-state index in [1.54, 1.807) is 19.2 Å². The maximum Gasteiger partial charge on any atom is 0.347 e. The van der Waals surface area contributed by atoms with Crippen LogP contribution in [0.15, 0.2) is 30.6 Å². The smallest absolute Gasteiger partial charge is 0.347 e. The van der Waals surface area contributed by atoms with Gasteiger partial charge in [-0.15, -0.1) is 11.3 Å². The Hall–Kier alpha value is -3.53. The standard InChI is InChI=1S/C24H26FN5O3S/c1-13-19(33-5)14-7-6-8-15(25)18(14)30(13)10-9-26-17-11-16(27-12-28-17)22-29-21(24(2,3)4)20(34-22)23(31)32/h6-8,11-12H,9-10H2,1-5H3,(H,31,32)(H,26,27,28). The molecule has 0 unspecified atom stereocenters. The molecule has 0 aliphatic carbocycles. The second kappa shape index (κ2) is 9.02. The van der Waals surface area contributed by atoms with Crippen molar-refractivity contribution in [1.29, 1.82) is 0 Å². The fourth-order valence-corrected chi connectivity index (χ4v) is 5.03. The van der Waals surface area contributed by atoms with Gasteiger partial charge in [0.05, 0.1) is 24.0 Å². The minimum absolute atomic E-state index is 0.210. The van der Waals surface area contributed by atoms with Crippen molar-refractivity contribution < 1.29 is 19.0 Å². The fourth-order valence-electron chi connectivity index (χ4n) is 3.94. The third-order valence-corrected chi connectivity index (χ3v) is 6.56. The molecule has 4 aromatic rings. The van der Waals surface area contributed by atoms with E-state index in [1.165, 1.54) is 12.4 Å². The number of thiazole rings is 1. The van der Waals surface area contributed by atoms with E-state index in [0.29, 0.717) is 46.6 Å². The van der Waals surface area contributed by atoms with E-state index in [-0.39, 0.29) is 10.7 Å². The number of carboxylic acids is 1. The number of hydrogen-bond donors (Lipinski definition) is 2. The minimum Gasteiger partial charge on any atom is -0.494 e. The molecular formula is C24H26FN5O3S. The number of rotatable bonds is 7. The summed E-state index contributed by atoms with van der Waals surface area (Å²) < 4.78 is 22.0. The molecule has 0 radical (unpaired) electrons. The van der Waals surface area contributed by atoms with Crippen molar-refractivity contribution in [2.45, 2.75) is 39.7 Å². The molecule has 0 bridgehead atoms. The van der Waals surface area contributed by atoms with Gasteiger partial charge in [-0.05, 0) is 19.1 Å². The molecule has 0 fully saturated rings. The van der Waals surface area contributed by atoms with Crippen LogP contribution in [-0.4, -0.2) is 44.2 Å². The van der Waals surface area contributed by atoms with Gasteiger partial charge in [-0.2, -0.15) is 0 Å². The third kappa shape index (κ3) is 4.33. The number of carboxylic acid groups (broad SMARTS) is 1. The molecule has 0 aliphatic rings. The molecule has 178 valence electrons. The van der Waals surface area contributed by atoms with Gasteiger partial charge < -0.3 is 19.7 Å². The highest BCUT2D eigenvalue weighted by Crippen LogP contribution is 2.35. The van der Waals surface area contributed by atoms with Crippen LogP contribution in [0.5, 0.6) is 5.75 Å². The molecule has 0 spiro atoms. The number of nitrogens with zero attached hydrogens (tertiary/aromatic N) is 4. The highest BCUT2D eigenvalue weighted by molar-refractivity contribution is 7.17. The number of nitrogens with one attached hydrogen (secondary N) is 1. The highest BCUT2D eigenvalue weighted by Gasteiger charge is 2.27. The van der Waals surface area contributed by atoms with Gasteiger partial charge in [0.1, 0.15) is 39.3 Å². The Morgan fingerprint density at radius 2 is 2.06 bits per heavy atom. The van der Waals surface area contributed by atoms with E-state index in [1.807, 2.05) is 38.3 Å². The maximum atomic E-state index is 14.6. The molecule has 4 rings (SSSR count). The summed E-state index contributed by atoms with van der Waals surface area (Å²) in [6.45, 7) is 8.64. The lowest BCUT2D eigenvalue weighted by Crippen LogP contribution is -2.16. The van der Waals surface area contributed by atoms with Crippen molar-refractivity contribution in [2.75, 3.05) is 19.0 Å². The Kier molecular flexibility index (Phi) is 6.26. The molecule has 34 heavy (non-hydrogen) atoms. The van der Waals surface area contributed by atoms with Gasteiger partial charge in [0.2, 0.25) is 0 Å². The molecule has 0 atom stereocenters. The summed E-state index contributed by atoms with van der Waals surface area (Å²) in [6.07, 6.45) is 1.41. The molecule has 0 aliphatic heterocycles. The van der Waals surface area contributed by atoms with Crippen molar-refractivity contribution in [3.8, 4) is 16.5 Å². The zero-order chi connectivity index (χ0) is 24.6. The monoisotopic (exact) mass is 483 g/mol. The van der Waals surface area contributed by atoms with Crippen molar-refractivity contribution in [3.05, 3.63) is 52.7 Å². The van der Waals surface area contributed by atoms with E-state index in [4.69, 9.17) is 4.74 Å². The molecular weight excluding hydrogens is 457 g/mol. The van der Waals surface area contributed by atoms with Gasteiger partial charge in [0, 0.05) is 30.0 Å². The summed E-state index contributed by atoms with van der Waals surface area (Å²) in [5.41, 5.74) is 1.99. The summed E-state index contributed by atoms with van der Waals surface area (Å²) in [4.78, 5) is 25.0. The molecule has 0 amide bonds. The van der Waals surface area contributed by atoms with E-state index in [0.717, 1.165) is 22.4 Å². The summed E-state index contributed by atoms with van der Waals surface area (Å²) in [7, 11) is 1.58. The molecule has 8 nitrogen and oxygen atoms in total. The van der Waals surface area contributed by atoms with Gasteiger partial charge >= 0.3 is 5.97 Å². The number of benzene rings is 1. The van der Waals surface area contributed by atoms with Crippen LogP contribution in [-0.2, 0) is 12.0 Å². The lowest BCUT2D eigenvalue weighted by molar-refractivity contribution is 0.0699. The average molecular weight is 484 g/mol. The van der Waals surface area contributed by atoms with E-state index in [2.05, 4.69) is 20.3 Å². The molecule has 3 heterocycles. The number of para-hydroxylation sites is 1. The molecule has 0 saturated carbocycles. The highest BCUT2D eigenvalue weighted by atomic mass is 32.1. The molecule has 1 aromatic carbocycles. The number of methoxy groups -OCH3 is 1. The number of ether oxygens (including phenoxy) is 1. The first kappa shape index (κ1) is 23.6. The Bertz CT molecular complexity index is 1370. The fraction of sp³-hybridized carbons (Fsp3) is 0.333. The van der Waals surface area contributed by atoms with E-state index in [9.17, 15) is 14.3 Å². The molecule has 0 saturated heterocycles. The lowest BCUT2D eigenvalue weighted by Gasteiger charge is -2.15. The first-order valence-corrected chi connectivity index (χ1v) is 11.6. The van der Waals surface area contributed by atoms with Crippen LogP contribution in [0, 0.1) is 12.7 Å². The molecule has 3 aromatic heterocycles. The third-order valence-electron chi connectivity index (χ3n) is 5.50. The topological polar surface area (TPSA) is 102 Å². The zero-order valence-corrected chi connectivity index (χ0v) is 20.5. The maximum absolute atomic E-state index is 14.6. The summed E-state index contributed by atoms with van der Waals surface area (Å²) in [5.74, 6) is -0.0821. The largest absolute Gasteiger partial charge is 0.494 e. The van der Waals surface area contributed by atoms with Crippen LogP contribution in [0.3, 0.4) is 0 Å². The number of halogens is 1. The molecule has 2 N–H and O–H groups in total. The summed E-state index contributed by atoms with van der Waals surface area (Å²) in [6, 6.07) is 6.69. The van der Waals surface area contributed by atoms with Crippen molar-refractivity contribution in [3.63, 3.8) is 0 Å². The predicted octanol–water partition coefficient (Wildman–Crippen LogP) is 5.12. The number of aromatic nitrogens is 4. The number of aromatic carboxylic acids is 1. The van der Waals surface area contributed by atoms with Crippen LogP contribution in [0.4, 0.5) is 10.2 Å². The van der Waals surface area contributed by atoms with Crippen LogP contribution < -0.4 is 10.1 Å². The van der Waals surface area contributed by atoms with Crippen molar-refractivity contribution >= 4 is 34.0 Å². The number of carbonyl (C=O) groups is 1. The second-order valence-corrected chi connectivity index (χ2v) is 9.87. The Morgan fingerprint density at radius 3 is 2.71 bits per heavy atom. The van der Waals surface area contributed by atoms with Crippen LogP contribution in [0.2, 0.25) is 0 Å². The quantitative estimate of drug-likeness (QED) is 0.376. The number of anilines is 1. The van der Waals surface area contributed by atoms with Gasteiger partial charge in [0.15, 0.2) is 0 Å². The van der Waals surface area contributed by atoms with Crippen molar-refractivity contribution in [1.82, 2.24) is 19.5 Å². The second-order valence-electron chi connectivity index (χ2n) is 8.87. The first-order chi connectivity index (χ1) is 16.1. The van der Waals surface area contributed by atoms with Crippen LogP contribution >= 0.6 is 11.3 Å².